The van der Waals surface area contributed by atoms with Crippen molar-refractivity contribution in [2.75, 3.05) is 12.4 Å². The molecule has 1 aromatic rings. The molecule has 20 heavy (non-hydrogen) atoms. The average Bonchev–Trinajstić information content (AvgIpc) is 2.95. The lowest BCUT2D eigenvalue weighted by Crippen LogP contribution is -2.61. The molecule has 3 amide bonds. The highest BCUT2D eigenvalue weighted by Crippen LogP contribution is 2.39. The number of imide groups is 1. The van der Waals surface area contributed by atoms with Crippen molar-refractivity contribution in [1.29, 1.82) is 0 Å². The average molecular weight is 293 g/mol. The molecule has 0 aromatic carbocycles. The van der Waals surface area contributed by atoms with E-state index in [1.807, 2.05) is 12.4 Å². The first kappa shape index (κ1) is 13.1. The smallest absolute Gasteiger partial charge is 0.256 e. The highest BCUT2D eigenvalue weighted by atomic mass is 32.1. The van der Waals surface area contributed by atoms with Gasteiger partial charge in [0.1, 0.15) is 5.54 Å². The van der Waals surface area contributed by atoms with Crippen molar-refractivity contribution < 1.29 is 14.4 Å². The van der Waals surface area contributed by atoms with Crippen LogP contribution in [0.5, 0.6) is 0 Å². The first-order chi connectivity index (χ1) is 9.47. The number of fused-ring (bicyclic) bond motifs is 1. The monoisotopic (exact) mass is 293 g/mol. The van der Waals surface area contributed by atoms with Gasteiger partial charge < -0.3 is 10.2 Å². The van der Waals surface area contributed by atoms with Crippen LogP contribution >= 0.6 is 11.3 Å². The summed E-state index contributed by atoms with van der Waals surface area (Å²) in [7, 11) is 1.81. The molecule has 106 valence electrons. The molecule has 1 atom stereocenters. The molecule has 1 aromatic heterocycles. The summed E-state index contributed by atoms with van der Waals surface area (Å²) < 4.78 is 0. The molecule has 0 radical (unpaired) electrons. The van der Waals surface area contributed by atoms with Gasteiger partial charge in [0.25, 0.3) is 11.8 Å². The summed E-state index contributed by atoms with van der Waals surface area (Å²) in [5.41, 5.74) is 0.644. The maximum absolute atomic E-state index is 12.5. The van der Waals surface area contributed by atoms with Gasteiger partial charge in [-0.15, -0.1) is 11.3 Å². The third kappa shape index (κ3) is 1.66. The quantitative estimate of drug-likeness (QED) is 0.796. The van der Waals surface area contributed by atoms with Crippen LogP contribution in [0.25, 0.3) is 0 Å². The van der Waals surface area contributed by atoms with Crippen molar-refractivity contribution in [1.82, 2.24) is 10.2 Å². The van der Waals surface area contributed by atoms with E-state index in [-0.39, 0.29) is 24.1 Å². The fourth-order valence-corrected chi connectivity index (χ4v) is 3.67. The number of piperidine rings is 1. The summed E-state index contributed by atoms with van der Waals surface area (Å²) in [6.45, 7) is 2.13. The minimum Gasteiger partial charge on any atom is -0.380 e. The van der Waals surface area contributed by atoms with E-state index in [0.29, 0.717) is 18.5 Å². The van der Waals surface area contributed by atoms with E-state index < -0.39 is 5.54 Å². The van der Waals surface area contributed by atoms with Gasteiger partial charge in [-0.3, -0.25) is 19.7 Å². The summed E-state index contributed by atoms with van der Waals surface area (Å²) in [4.78, 5) is 37.5. The lowest BCUT2D eigenvalue weighted by molar-refractivity contribution is -0.142. The first-order valence-electron chi connectivity index (χ1n) is 6.41. The number of carbonyl (C=O) groups excluding carboxylic acids is 3. The Balaban J connectivity index is 1.93. The third-order valence-electron chi connectivity index (χ3n) is 4.09. The molecule has 0 aliphatic carbocycles. The Labute approximate surface area is 120 Å². The zero-order chi connectivity index (χ0) is 14.5. The van der Waals surface area contributed by atoms with Crippen LogP contribution in [0.2, 0.25) is 0 Å². The van der Waals surface area contributed by atoms with E-state index in [4.69, 9.17) is 0 Å². The minimum atomic E-state index is -0.952. The normalized spacial score (nSPS) is 25.7. The molecule has 2 N–H and O–H groups in total. The van der Waals surface area contributed by atoms with E-state index in [9.17, 15) is 14.4 Å². The van der Waals surface area contributed by atoms with Gasteiger partial charge in [0, 0.05) is 24.4 Å². The van der Waals surface area contributed by atoms with Crippen LogP contribution in [-0.4, -0.2) is 35.2 Å². The van der Waals surface area contributed by atoms with Crippen LogP contribution in [0.15, 0.2) is 5.38 Å². The zero-order valence-electron chi connectivity index (χ0n) is 11.3. The zero-order valence-corrected chi connectivity index (χ0v) is 12.1. The van der Waals surface area contributed by atoms with Gasteiger partial charge >= 0.3 is 0 Å². The predicted molar refractivity (Wildman–Crippen MR) is 74.5 cm³/mol. The summed E-state index contributed by atoms with van der Waals surface area (Å²) in [6, 6.07) is 0. The molecule has 6 nitrogen and oxygen atoms in total. The Morgan fingerprint density at radius 1 is 1.40 bits per heavy atom. The lowest BCUT2D eigenvalue weighted by atomic mass is 9.89. The van der Waals surface area contributed by atoms with Crippen LogP contribution in [-0.2, 0) is 16.1 Å². The Bertz CT molecular complexity index is 624. The second kappa shape index (κ2) is 4.31. The second-order valence-electron chi connectivity index (χ2n) is 5.25. The molecule has 0 bridgehead atoms. The van der Waals surface area contributed by atoms with Gasteiger partial charge in [-0.05, 0) is 13.3 Å². The van der Waals surface area contributed by atoms with Gasteiger partial charge in [0.05, 0.1) is 17.1 Å². The molecule has 0 spiro atoms. The number of nitrogens with one attached hydrogen (secondary N) is 2. The van der Waals surface area contributed by atoms with Gasteiger partial charge in [0.2, 0.25) is 5.91 Å². The maximum atomic E-state index is 12.5. The number of nitrogens with zero attached hydrogens (tertiary/aromatic N) is 1. The fraction of sp³-hybridized carbons (Fsp3) is 0.462. The molecular weight excluding hydrogens is 278 g/mol. The number of hydrogen-bond donors (Lipinski definition) is 2. The van der Waals surface area contributed by atoms with Crippen molar-refractivity contribution in [3.8, 4) is 0 Å². The van der Waals surface area contributed by atoms with Gasteiger partial charge in [-0.1, -0.05) is 0 Å². The maximum Gasteiger partial charge on any atom is 0.256 e. The summed E-state index contributed by atoms with van der Waals surface area (Å²) in [6.07, 6.45) is 0.629. The van der Waals surface area contributed by atoms with E-state index in [0.717, 1.165) is 10.6 Å². The number of carbonyl (C=O) groups is 3. The molecular formula is C13H15N3O3S. The number of hydrogen-bond acceptors (Lipinski definition) is 5. The molecule has 2 aliphatic rings. The topological polar surface area (TPSA) is 78.5 Å². The highest BCUT2D eigenvalue weighted by Gasteiger charge is 2.49. The van der Waals surface area contributed by atoms with E-state index in [2.05, 4.69) is 10.6 Å². The van der Waals surface area contributed by atoms with Crippen molar-refractivity contribution >= 4 is 34.1 Å². The van der Waals surface area contributed by atoms with E-state index in [1.54, 1.807) is 11.8 Å². The van der Waals surface area contributed by atoms with Crippen molar-refractivity contribution in [3.63, 3.8) is 0 Å². The standard InChI is InChI=1S/C13H15N3O3S/c1-13(4-3-9(17)15-12(13)19)16-5-7-8(11(16)18)6-20-10(7)14-2/h6,14H,3-5H2,1-2H3,(H,15,17,19). The molecule has 1 unspecified atom stereocenters. The fourth-order valence-electron chi connectivity index (χ4n) is 2.75. The summed E-state index contributed by atoms with van der Waals surface area (Å²) >= 11 is 1.49. The van der Waals surface area contributed by atoms with Crippen LogP contribution in [0.4, 0.5) is 5.00 Å². The summed E-state index contributed by atoms with van der Waals surface area (Å²) in [5.74, 6) is -0.795. The molecule has 7 heteroatoms. The Morgan fingerprint density at radius 2 is 2.15 bits per heavy atom. The van der Waals surface area contributed by atoms with E-state index in [1.165, 1.54) is 11.3 Å². The van der Waals surface area contributed by atoms with Gasteiger partial charge in [-0.2, -0.15) is 0 Å². The van der Waals surface area contributed by atoms with E-state index >= 15 is 0 Å². The predicted octanol–water partition coefficient (Wildman–Crippen LogP) is 0.941. The number of rotatable bonds is 2. The molecule has 3 heterocycles. The van der Waals surface area contributed by atoms with Crippen LogP contribution in [0.1, 0.15) is 35.7 Å². The van der Waals surface area contributed by atoms with Gasteiger partial charge in [0.15, 0.2) is 0 Å². The second-order valence-corrected chi connectivity index (χ2v) is 6.13. The third-order valence-corrected chi connectivity index (χ3v) is 5.13. The Morgan fingerprint density at radius 3 is 2.80 bits per heavy atom. The SMILES string of the molecule is CNc1scc2c1CN(C1(C)CCC(=O)NC1=O)C2=O. The Kier molecular flexibility index (Phi) is 2.82. The van der Waals surface area contributed by atoms with Crippen LogP contribution < -0.4 is 10.6 Å². The number of thiophene rings is 1. The largest absolute Gasteiger partial charge is 0.380 e. The first-order valence-corrected chi connectivity index (χ1v) is 7.29. The number of amides is 3. The Hall–Kier alpha value is -1.89. The molecule has 0 saturated carbocycles. The van der Waals surface area contributed by atoms with Crippen molar-refractivity contribution in [2.24, 2.45) is 0 Å². The van der Waals surface area contributed by atoms with Crippen molar-refractivity contribution in [3.05, 3.63) is 16.5 Å². The molecule has 1 saturated heterocycles. The highest BCUT2D eigenvalue weighted by molar-refractivity contribution is 7.14. The summed E-state index contributed by atoms with van der Waals surface area (Å²) in [5, 5.41) is 8.17. The van der Waals surface area contributed by atoms with Crippen LogP contribution in [0, 0.1) is 0 Å². The molecule has 1 fully saturated rings. The van der Waals surface area contributed by atoms with Crippen molar-refractivity contribution in [2.45, 2.75) is 31.8 Å². The molecule has 2 aliphatic heterocycles. The number of anilines is 1. The van der Waals surface area contributed by atoms with Gasteiger partial charge in [-0.25, -0.2) is 0 Å². The molecule has 3 rings (SSSR count). The van der Waals surface area contributed by atoms with Crippen LogP contribution in [0.3, 0.4) is 0 Å². The lowest BCUT2D eigenvalue weighted by Gasteiger charge is -2.39. The minimum absolute atomic E-state index is 0.134.